The molecule has 32 heavy (non-hydrogen) atoms. The van der Waals surface area contributed by atoms with E-state index in [4.69, 9.17) is 23.7 Å². The van der Waals surface area contributed by atoms with Crippen molar-refractivity contribution in [3.05, 3.63) is 84.4 Å². The maximum absolute atomic E-state index is 11.3. The number of hydrogen-bond acceptors (Lipinski definition) is 7. The summed E-state index contributed by atoms with van der Waals surface area (Å²) >= 11 is 0. The van der Waals surface area contributed by atoms with Crippen LogP contribution in [0.4, 0.5) is 0 Å². The van der Waals surface area contributed by atoms with Gasteiger partial charge in [-0.2, -0.15) is 0 Å². The number of hydrogen-bond donors (Lipinski definition) is 1. The molecule has 0 saturated carbocycles. The molecule has 0 unspecified atom stereocenters. The van der Waals surface area contributed by atoms with Crippen LogP contribution in [-0.4, -0.2) is 55.0 Å². The summed E-state index contributed by atoms with van der Waals surface area (Å²) in [5, 5.41) is 11.0. The van der Waals surface area contributed by atoms with Crippen LogP contribution in [0.3, 0.4) is 0 Å². The highest BCUT2D eigenvalue weighted by Crippen LogP contribution is 2.29. The highest BCUT2D eigenvalue weighted by atomic mass is 16.7. The first-order valence-electron chi connectivity index (χ1n) is 10.6. The molecule has 1 aliphatic rings. The van der Waals surface area contributed by atoms with Gasteiger partial charge >= 0.3 is 5.97 Å². The summed E-state index contributed by atoms with van der Waals surface area (Å²) in [5.41, 5.74) is 1.92. The van der Waals surface area contributed by atoms with Crippen LogP contribution in [0.2, 0.25) is 0 Å². The van der Waals surface area contributed by atoms with Crippen LogP contribution in [0, 0.1) is 0 Å². The zero-order valence-electron chi connectivity index (χ0n) is 18.2. The van der Waals surface area contributed by atoms with Gasteiger partial charge in [-0.1, -0.05) is 66.7 Å². The molecule has 2 aromatic rings. The fourth-order valence-electron chi connectivity index (χ4n) is 3.43. The normalized spacial score (nSPS) is 25.2. The Morgan fingerprint density at radius 2 is 1.53 bits per heavy atom. The molecule has 7 nitrogen and oxygen atoms in total. The molecule has 0 radical (unpaired) electrons. The Labute approximate surface area is 188 Å². The molecule has 1 fully saturated rings. The third-order valence-electron chi connectivity index (χ3n) is 5.02. The fraction of sp³-hybridized carbons (Fsp3) is 0.400. The summed E-state index contributed by atoms with van der Waals surface area (Å²) in [5.74, 6) is -0.464. The van der Waals surface area contributed by atoms with Gasteiger partial charge in [-0.15, -0.1) is 6.58 Å². The lowest BCUT2D eigenvalue weighted by molar-refractivity contribution is -0.317. The minimum Gasteiger partial charge on any atom is -0.463 e. The van der Waals surface area contributed by atoms with Gasteiger partial charge < -0.3 is 28.8 Å². The number of ether oxygens (including phenoxy) is 5. The average Bonchev–Trinajstić information content (AvgIpc) is 2.81. The topological polar surface area (TPSA) is 83.5 Å². The highest BCUT2D eigenvalue weighted by Gasteiger charge is 2.47. The molecule has 0 aliphatic carbocycles. The van der Waals surface area contributed by atoms with Crippen LogP contribution in [-0.2, 0) is 41.7 Å². The van der Waals surface area contributed by atoms with Crippen molar-refractivity contribution in [2.45, 2.75) is 50.8 Å². The summed E-state index contributed by atoms with van der Waals surface area (Å²) in [6.45, 7) is 5.63. The number of esters is 1. The molecule has 0 spiro atoms. The van der Waals surface area contributed by atoms with Gasteiger partial charge in [0.1, 0.15) is 31.0 Å². The van der Waals surface area contributed by atoms with Gasteiger partial charge in [-0.25, -0.2) is 0 Å². The average molecular weight is 443 g/mol. The van der Waals surface area contributed by atoms with Crippen molar-refractivity contribution in [2.24, 2.45) is 0 Å². The SMILES string of the molecule is C=CCO[C@@H]1O[C@@H](COC(C)=O)[C@@H](O)[C@H](OCc2ccccc2)[C@@H]1OCc1ccccc1. The van der Waals surface area contributed by atoms with E-state index in [2.05, 4.69) is 6.58 Å². The van der Waals surface area contributed by atoms with Crippen molar-refractivity contribution < 1.29 is 33.6 Å². The predicted molar refractivity (Wildman–Crippen MR) is 117 cm³/mol. The van der Waals surface area contributed by atoms with E-state index in [-0.39, 0.29) is 26.4 Å². The smallest absolute Gasteiger partial charge is 0.302 e. The predicted octanol–water partition coefficient (Wildman–Crippen LogP) is 3.01. The van der Waals surface area contributed by atoms with Crippen LogP contribution in [0.25, 0.3) is 0 Å². The molecule has 1 heterocycles. The van der Waals surface area contributed by atoms with E-state index in [1.54, 1.807) is 6.08 Å². The second-order valence-electron chi connectivity index (χ2n) is 7.48. The number of aliphatic hydroxyl groups is 1. The summed E-state index contributed by atoms with van der Waals surface area (Å²) in [7, 11) is 0. The largest absolute Gasteiger partial charge is 0.463 e. The maximum Gasteiger partial charge on any atom is 0.302 e. The number of aliphatic hydroxyl groups excluding tert-OH is 1. The summed E-state index contributed by atoms with van der Waals surface area (Å²) in [4.78, 5) is 11.3. The van der Waals surface area contributed by atoms with Crippen molar-refractivity contribution in [2.75, 3.05) is 13.2 Å². The lowest BCUT2D eigenvalue weighted by Crippen LogP contribution is -2.61. The minimum absolute atomic E-state index is 0.124. The van der Waals surface area contributed by atoms with E-state index >= 15 is 0 Å². The Kier molecular flexibility index (Phi) is 9.40. The minimum atomic E-state index is -1.09. The van der Waals surface area contributed by atoms with Crippen LogP contribution in [0.15, 0.2) is 73.3 Å². The van der Waals surface area contributed by atoms with E-state index < -0.39 is 36.7 Å². The molecule has 1 N–H and O–H groups in total. The second-order valence-corrected chi connectivity index (χ2v) is 7.48. The Hall–Kier alpha value is -2.55. The molecule has 1 saturated heterocycles. The van der Waals surface area contributed by atoms with E-state index in [0.29, 0.717) is 0 Å². The van der Waals surface area contributed by atoms with Crippen LogP contribution in [0.1, 0.15) is 18.1 Å². The van der Waals surface area contributed by atoms with Crippen molar-refractivity contribution in [1.29, 1.82) is 0 Å². The lowest BCUT2D eigenvalue weighted by atomic mass is 9.98. The molecule has 2 aromatic carbocycles. The zero-order valence-corrected chi connectivity index (χ0v) is 18.2. The Balaban J connectivity index is 1.79. The standard InChI is InChI=1S/C25H30O7/c1-3-14-28-25-24(31-16-20-12-8-5-9-13-20)23(30-15-19-10-6-4-7-11-19)22(27)21(32-25)17-29-18(2)26/h3-13,21-25,27H,1,14-17H2,2H3/t21-,22+,23-,24-,25+/m0/s1. The third kappa shape index (κ3) is 6.98. The van der Waals surface area contributed by atoms with Crippen LogP contribution >= 0.6 is 0 Å². The molecular weight excluding hydrogens is 412 g/mol. The molecule has 7 heteroatoms. The van der Waals surface area contributed by atoms with Crippen LogP contribution < -0.4 is 0 Å². The number of benzene rings is 2. The molecular formula is C25H30O7. The van der Waals surface area contributed by atoms with Crippen molar-refractivity contribution in [3.8, 4) is 0 Å². The zero-order chi connectivity index (χ0) is 22.8. The molecule has 5 atom stereocenters. The first-order valence-corrected chi connectivity index (χ1v) is 10.6. The molecule has 3 rings (SSSR count). The van der Waals surface area contributed by atoms with E-state index in [9.17, 15) is 9.90 Å². The summed E-state index contributed by atoms with van der Waals surface area (Å²) in [6, 6.07) is 19.3. The van der Waals surface area contributed by atoms with Gasteiger partial charge in [-0.3, -0.25) is 4.79 Å². The molecule has 0 amide bonds. The van der Waals surface area contributed by atoms with Gasteiger partial charge in [0.2, 0.25) is 0 Å². The van der Waals surface area contributed by atoms with Gasteiger partial charge in [-0.05, 0) is 11.1 Å². The quantitative estimate of drug-likeness (QED) is 0.423. The number of carbonyl (C=O) groups excluding carboxylic acids is 1. The second kappa shape index (κ2) is 12.5. The van der Waals surface area contributed by atoms with Crippen molar-refractivity contribution in [3.63, 3.8) is 0 Å². The van der Waals surface area contributed by atoms with Gasteiger partial charge in [0.25, 0.3) is 0 Å². The lowest BCUT2D eigenvalue weighted by Gasteiger charge is -2.43. The van der Waals surface area contributed by atoms with E-state index in [1.807, 2.05) is 60.7 Å². The first-order chi connectivity index (χ1) is 15.6. The maximum atomic E-state index is 11.3. The van der Waals surface area contributed by atoms with Crippen LogP contribution in [0.5, 0.6) is 0 Å². The molecule has 0 bridgehead atoms. The Bertz CT molecular complexity index is 827. The first kappa shape index (κ1) is 24.1. The summed E-state index contributed by atoms with van der Waals surface area (Å²) in [6.07, 6.45) is -2.66. The number of carbonyl (C=O) groups is 1. The van der Waals surface area contributed by atoms with Gasteiger partial charge in [0, 0.05) is 6.92 Å². The Morgan fingerprint density at radius 1 is 0.969 bits per heavy atom. The van der Waals surface area contributed by atoms with Crippen molar-refractivity contribution >= 4 is 5.97 Å². The third-order valence-corrected chi connectivity index (χ3v) is 5.02. The molecule has 0 aromatic heterocycles. The Morgan fingerprint density at radius 3 is 2.06 bits per heavy atom. The van der Waals surface area contributed by atoms with Gasteiger partial charge in [0.15, 0.2) is 6.29 Å². The fourth-order valence-corrected chi connectivity index (χ4v) is 3.43. The summed E-state index contributed by atoms with van der Waals surface area (Å²) < 4.78 is 29.1. The molecule has 1 aliphatic heterocycles. The molecule has 172 valence electrons. The van der Waals surface area contributed by atoms with Crippen molar-refractivity contribution in [1.82, 2.24) is 0 Å². The van der Waals surface area contributed by atoms with E-state index in [0.717, 1.165) is 11.1 Å². The van der Waals surface area contributed by atoms with Gasteiger partial charge in [0.05, 0.1) is 19.8 Å². The monoisotopic (exact) mass is 442 g/mol. The highest BCUT2D eigenvalue weighted by molar-refractivity contribution is 5.65. The van der Waals surface area contributed by atoms with E-state index in [1.165, 1.54) is 6.92 Å². The number of rotatable bonds is 11.